The summed E-state index contributed by atoms with van der Waals surface area (Å²) in [6, 6.07) is 7.87. The van der Waals surface area contributed by atoms with E-state index < -0.39 is 6.67 Å². The van der Waals surface area contributed by atoms with E-state index in [0.717, 1.165) is 23.1 Å². The highest BCUT2D eigenvalue weighted by atomic mass is 32.1. The number of likely N-dealkylation sites (tertiary alicyclic amines) is 2. The van der Waals surface area contributed by atoms with Gasteiger partial charge in [-0.05, 0) is 25.0 Å². The number of rotatable bonds is 3. The molecule has 7 heteroatoms. The van der Waals surface area contributed by atoms with Gasteiger partial charge in [0.2, 0.25) is 5.91 Å². The van der Waals surface area contributed by atoms with Gasteiger partial charge >= 0.3 is 0 Å². The summed E-state index contributed by atoms with van der Waals surface area (Å²) in [7, 11) is 0. The predicted molar refractivity (Wildman–Crippen MR) is 94.3 cm³/mol. The lowest BCUT2D eigenvalue weighted by molar-refractivity contribution is -0.130. The molecule has 1 unspecified atom stereocenters. The molecule has 2 aromatic rings. The van der Waals surface area contributed by atoms with E-state index in [4.69, 9.17) is 0 Å². The maximum atomic E-state index is 12.8. The molecule has 2 fully saturated rings. The molecular weight excluding hydrogens is 341 g/mol. The second kappa shape index (κ2) is 6.71. The third kappa shape index (κ3) is 3.13. The Morgan fingerprint density at radius 3 is 2.72 bits per heavy atom. The van der Waals surface area contributed by atoms with E-state index in [1.54, 1.807) is 0 Å². The molecule has 1 aromatic carbocycles. The average molecular weight is 361 g/mol. The number of para-hydroxylation sites is 1. The lowest BCUT2D eigenvalue weighted by Gasteiger charge is -2.36. The van der Waals surface area contributed by atoms with E-state index >= 15 is 0 Å². The Balaban J connectivity index is 1.40. The van der Waals surface area contributed by atoms with Crippen molar-refractivity contribution in [3.63, 3.8) is 0 Å². The molecule has 2 saturated heterocycles. The van der Waals surface area contributed by atoms with Crippen molar-refractivity contribution in [2.45, 2.75) is 25.3 Å². The molecule has 2 aliphatic heterocycles. The van der Waals surface area contributed by atoms with Gasteiger partial charge in [-0.25, -0.2) is 4.98 Å². The van der Waals surface area contributed by atoms with E-state index in [9.17, 15) is 14.0 Å². The molecule has 4 rings (SSSR count). The van der Waals surface area contributed by atoms with E-state index in [0.29, 0.717) is 31.1 Å². The first kappa shape index (κ1) is 16.4. The topological polar surface area (TPSA) is 53.5 Å². The van der Waals surface area contributed by atoms with Gasteiger partial charge in [0, 0.05) is 38.0 Å². The molecule has 2 amide bonds. The van der Waals surface area contributed by atoms with Crippen LogP contribution in [0.5, 0.6) is 0 Å². The monoisotopic (exact) mass is 361 g/mol. The molecule has 5 nitrogen and oxygen atoms in total. The van der Waals surface area contributed by atoms with Crippen molar-refractivity contribution in [2.24, 2.45) is 5.92 Å². The summed E-state index contributed by atoms with van der Waals surface area (Å²) in [6.07, 6.45) is 1.82. The lowest BCUT2D eigenvalue weighted by atomic mass is 10.0. The number of piperidine rings is 1. The lowest BCUT2D eigenvalue weighted by Crippen LogP contribution is -2.47. The normalized spacial score (nSPS) is 22.1. The van der Waals surface area contributed by atoms with Crippen molar-refractivity contribution in [1.82, 2.24) is 14.8 Å². The van der Waals surface area contributed by atoms with Crippen molar-refractivity contribution < 1.29 is 14.0 Å². The molecule has 0 aliphatic carbocycles. The fraction of sp³-hybridized carbons (Fsp3) is 0.500. The van der Waals surface area contributed by atoms with Crippen molar-refractivity contribution in [3.05, 3.63) is 29.3 Å². The third-order valence-electron chi connectivity index (χ3n) is 5.13. The van der Waals surface area contributed by atoms with Gasteiger partial charge in [0.1, 0.15) is 0 Å². The molecule has 1 aromatic heterocycles. The van der Waals surface area contributed by atoms with Gasteiger partial charge in [-0.15, -0.1) is 11.3 Å². The fourth-order valence-corrected chi connectivity index (χ4v) is 4.68. The number of nitrogens with zero attached hydrogens (tertiary/aromatic N) is 3. The first-order valence-corrected chi connectivity index (χ1v) is 9.47. The summed E-state index contributed by atoms with van der Waals surface area (Å²) in [5, 5.41) is 0.523. The standard InChI is InChI=1S/C18H20FN3O2S/c19-10-12-9-16(23)22(11-12)13-5-7-21(8-6-13)18(24)17-20-14-3-1-2-4-15(14)25-17/h1-4,12-13H,5-11H2. The molecule has 0 radical (unpaired) electrons. The Morgan fingerprint density at radius 1 is 1.28 bits per heavy atom. The Hall–Kier alpha value is -2.02. The summed E-state index contributed by atoms with van der Waals surface area (Å²) < 4.78 is 13.8. The first-order valence-electron chi connectivity index (χ1n) is 8.66. The zero-order valence-corrected chi connectivity index (χ0v) is 14.7. The van der Waals surface area contributed by atoms with Gasteiger partial charge in [0.05, 0.1) is 16.9 Å². The number of hydrogen-bond acceptors (Lipinski definition) is 4. The average Bonchev–Trinajstić information content (AvgIpc) is 3.24. The smallest absolute Gasteiger partial charge is 0.282 e. The van der Waals surface area contributed by atoms with Crippen molar-refractivity contribution in [1.29, 1.82) is 0 Å². The molecule has 0 bridgehead atoms. The van der Waals surface area contributed by atoms with Crippen LogP contribution in [-0.4, -0.2) is 58.9 Å². The highest BCUT2D eigenvalue weighted by molar-refractivity contribution is 7.20. The minimum atomic E-state index is -0.433. The molecule has 132 valence electrons. The van der Waals surface area contributed by atoms with E-state index in [1.807, 2.05) is 34.1 Å². The molecule has 0 saturated carbocycles. The van der Waals surface area contributed by atoms with Crippen LogP contribution in [0.4, 0.5) is 4.39 Å². The molecule has 25 heavy (non-hydrogen) atoms. The second-order valence-corrected chi connectivity index (χ2v) is 7.81. The number of amides is 2. The second-order valence-electron chi connectivity index (χ2n) is 6.78. The molecular formula is C18H20FN3O2S. The van der Waals surface area contributed by atoms with Gasteiger partial charge in [0.15, 0.2) is 5.01 Å². The first-order chi connectivity index (χ1) is 12.2. The molecule has 1 atom stereocenters. The van der Waals surface area contributed by atoms with Gasteiger partial charge < -0.3 is 9.80 Å². The minimum absolute atomic E-state index is 0.0333. The van der Waals surface area contributed by atoms with Crippen LogP contribution in [0.3, 0.4) is 0 Å². The number of aromatic nitrogens is 1. The Morgan fingerprint density at radius 2 is 2.04 bits per heavy atom. The summed E-state index contributed by atoms with van der Waals surface area (Å²) in [4.78, 5) is 32.8. The van der Waals surface area contributed by atoms with Gasteiger partial charge in [-0.1, -0.05) is 12.1 Å². The Bertz CT molecular complexity index is 767. The van der Waals surface area contributed by atoms with Crippen LogP contribution in [0.15, 0.2) is 24.3 Å². The van der Waals surface area contributed by atoms with Crippen LogP contribution >= 0.6 is 11.3 Å². The summed E-state index contributed by atoms with van der Waals surface area (Å²) in [5.41, 5.74) is 0.852. The van der Waals surface area contributed by atoms with E-state index in [-0.39, 0.29) is 23.8 Å². The van der Waals surface area contributed by atoms with Gasteiger partial charge in [-0.2, -0.15) is 0 Å². The highest BCUT2D eigenvalue weighted by Gasteiger charge is 2.36. The Kier molecular flexibility index (Phi) is 4.41. The SMILES string of the molecule is O=C(c1nc2ccccc2s1)N1CCC(N2CC(CF)CC2=O)CC1. The third-order valence-corrected chi connectivity index (χ3v) is 6.15. The van der Waals surface area contributed by atoms with Crippen LogP contribution in [0, 0.1) is 5.92 Å². The van der Waals surface area contributed by atoms with Crippen molar-refractivity contribution >= 4 is 33.4 Å². The number of alkyl halides is 1. The molecule has 0 N–H and O–H groups in total. The number of carbonyl (C=O) groups is 2. The summed E-state index contributed by atoms with van der Waals surface area (Å²) >= 11 is 1.42. The maximum Gasteiger partial charge on any atom is 0.282 e. The van der Waals surface area contributed by atoms with Crippen LogP contribution in [0.25, 0.3) is 10.2 Å². The number of halogens is 1. The van der Waals surface area contributed by atoms with Crippen LogP contribution in [-0.2, 0) is 4.79 Å². The number of thiazole rings is 1. The minimum Gasteiger partial charge on any atom is -0.339 e. The van der Waals surface area contributed by atoms with Crippen LogP contribution in [0.2, 0.25) is 0 Å². The predicted octanol–water partition coefficient (Wildman–Crippen LogP) is 2.72. The number of benzene rings is 1. The van der Waals surface area contributed by atoms with Gasteiger partial charge in [-0.3, -0.25) is 14.0 Å². The zero-order valence-electron chi connectivity index (χ0n) is 13.9. The number of fused-ring (bicyclic) bond motifs is 1. The molecule has 2 aliphatic rings. The highest BCUT2D eigenvalue weighted by Crippen LogP contribution is 2.28. The largest absolute Gasteiger partial charge is 0.339 e. The fourth-order valence-electron chi connectivity index (χ4n) is 3.74. The maximum absolute atomic E-state index is 12.8. The Labute approximate surface area is 149 Å². The van der Waals surface area contributed by atoms with Crippen LogP contribution < -0.4 is 0 Å². The van der Waals surface area contributed by atoms with Crippen LogP contribution in [0.1, 0.15) is 29.1 Å². The zero-order chi connectivity index (χ0) is 17.4. The molecule has 3 heterocycles. The van der Waals surface area contributed by atoms with E-state index in [2.05, 4.69) is 4.98 Å². The van der Waals surface area contributed by atoms with Crippen molar-refractivity contribution in [3.8, 4) is 0 Å². The number of hydrogen-bond donors (Lipinski definition) is 0. The van der Waals surface area contributed by atoms with Crippen molar-refractivity contribution in [2.75, 3.05) is 26.3 Å². The summed E-state index contributed by atoms with van der Waals surface area (Å²) in [6.45, 7) is 1.32. The van der Waals surface area contributed by atoms with E-state index in [1.165, 1.54) is 11.3 Å². The quantitative estimate of drug-likeness (QED) is 0.845. The summed E-state index contributed by atoms with van der Waals surface area (Å²) in [5.74, 6) is -0.137. The molecule has 0 spiro atoms. The van der Waals surface area contributed by atoms with Gasteiger partial charge in [0.25, 0.3) is 5.91 Å². The number of carbonyl (C=O) groups excluding carboxylic acids is 2.